The number of amides is 1. The Labute approximate surface area is 129 Å². The van der Waals surface area contributed by atoms with Gasteiger partial charge in [0.05, 0.1) is 12.1 Å². The summed E-state index contributed by atoms with van der Waals surface area (Å²) in [5, 5.41) is 11.7. The van der Waals surface area contributed by atoms with Gasteiger partial charge in [-0.25, -0.2) is 8.78 Å². The molecule has 0 aromatic heterocycles. The van der Waals surface area contributed by atoms with Crippen molar-refractivity contribution >= 4 is 5.91 Å². The lowest BCUT2D eigenvalue weighted by Gasteiger charge is -2.25. The maximum atomic E-state index is 13.4. The molecule has 22 heavy (non-hydrogen) atoms. The summed E-state index contributed by atoms with van der Waals surface area (Å²) in [4.78, 5) is 12.0. The number of carbonyl (C=O) groups is 1. The third kappa shape index (κ3) is 4.99. The minimum absolute atomic E-state index is 0.0333. The normalized spacial score (nSPS) is 13.9. The van der Waals surface area contributed by atoms with Gasteiger partial charge in [-0.1, -0.05) is 20.8 Å². The average Bonchev–Trinajstić information content (AvgIpc) is 2.38. The summed E-state index contributed by atoms with van der Waals surface area (Å²) in [5.41, 5.74) is -0.492. The number of halogens is 2. The van der Waals surface area contributed by atoms with Crippen molar-refractivity contribution in [2.75, 3.05) is 6.61 Å². The molecule has 0 saturated carbocycles. The quantitative estimate of drug-likeness (QED) is 0.909. The Morgan fingerprint density at radius 1 is 1.41 bits per heavy atom. The Bertz CT molecular complexity index is 576. The van der Waals surface area contributed by atoms with Crippen molar-refractivity contribution in [1.29, 1.82) is 5.26 Å². The Balaban J connectivity index is 2.60. The van der Waals surface area contributed by atoms with E-state index in [-0.39, 0.29) is 12.4 Å². The molecule has 0 aliphatic carbocycles. The summed E-state index contributed by atoms with van der Waals surface area (Å²) in [5.74, 6) is -2.71. The van der Waals surface area contributed by atoms with Gasteiger partial charge in [0.1, 0.15) is 18.3 Å². The molecule has 1 aromatic carbocycles. The number of nitrogens with one attached hydrogen (secondary N) is 1. The molecule has 6 heteroatoms. The molecule has 2 atom stereocenters. The van der Waals surface area contributed by atoms with Crippen molar-refractivity contribution in [2.24, 2.45) is 11.3 Å². The molecule has 0 fully saturated rings. The molecular weight excluding hydrogens is 290 g/mol. The Morgan fingerprint density at radius 3 is 2.59 bits per heavy atom. The molecule has 1 rings (SSSR count). The molecule has 0 heterocycles. The zero-order chi connectivity index (χ0) is 16.9. The molecule has 0 spiro atoms. The zero-order valence-corrected chi connectivity index (χ0v) is 13.1. The monoisotopic (exact) mass is 310 g/mol. The van der Waals surface area contributed by atoms with Gasteiger partial charge < -0.3 is 10.1 Å². The molecule has 1 N–H and O–H groups in total. The molecule has 0 aliphatic rings. The summed E-state index contributed by atoms with van der Waals surface area (Å²) in [6, 6.07) is 4.43. The summed E-state index contributed by atoms with van der Waals surface area (Å²) < 4.78 is 31.6. The van der Waals surface area contributed by atoms with Gasteiger partial charge in [0, 0.05) is 6.07 Å². The van der Waals surface area contributed by atoms with E-state index < -0.39 is 34.9 Å². The average molecular weight is 310 g/mol. The molecule has 0 saturated heterocycles. The van der Waals surface area contributed by atoms with Crippen molar-refractivity contribution < 1.29 is 18.3 Å². The third-order valence-corrected chi connectivity index (χ3v) is 3.03. The predicted molar refractivity (Wildman–Crippen MR) is 78.0 cm³/mol. The van der Waals surface area contributed by atoms with Crippen LogP contribution in [0.4, 0.5) is 8.78 Å². The van der Waals surface area contributed by atoms with Crippen molar-refractivity contribution in [3.05, 3.63) is 29.8 Å². The SMILES string of the molecule is C[C@H](COc1cc(F)ccc1F)NC(=O)C(C#N)C(C)(C)C. The molecule has 1 unspecified atom stereocenters. The van der Waals surface area contributed by atoms with Crippen molar-refractivity contribution in [1.82, 2.24) is 5.32 Å². The fourth-order valence-electron chi connectivity index (χ4n) is 1.82. The second-order valence-corrected chi connectivity index (χ2v) is 6.22. The zero-order valence-electron chi connectivity index (χ0n) is 13.1. The van der Waals surface area contributed by atoms with E-state index in [1.807, 2.05) is 6.07 Å². The van der Waals surface area contributed by atoms with E-state index >= 15 is 0 Å². The van der Waals surface area contributed by atoms with E-state index in [2.05, 4.69) is 5.32 Å². The first-order chi connectivity index (χ1) is 10.1. The van der Waals surface area contributed by atoms with Gasteiger partial charge in [0.15, 0.2) is 11.6 Å². The topological polar surface area (TPSA) is 62.1 Å². The summed E-state index contributed by atoms with van der Waals surface area (Å²) >= 11 is 0. The second kappa shape index (κ2) is 7.21. The van der Waals surface area contributed by atoms with Crippen molar-refractivity contribution in [2.45, 2.75) is 33.7 Å². The standard InChI is InChI=1S/C16H20F2N2O2/c1-10(20-15(21)12(8-19)16(2,3)4)9-22-14-7-11(17)5-6-13(14)18/h5-7,10,12H,9H2,1-4H3,(H,20,21)/t10-,12?/m1/s1. The third-order valence-electron chi connectivity index (χ3n) is 3.03. The second-order valence-electron chi connectivity index (χ2n) is 6.22. The van der Waals surface area contributed by atoms with Gasteiger partial charge in [-0.2, -0.15) is 5.26 Å². The van der Waals surface area contributed by atoms with Gasteiger partial charge in [0.2, 0.25) is 5.91 Å². The Morgan fingerprint density at radius 2 is 2.05 bits per heavy atom. The molecule has 1 aromatic rings. The highest BCUT2D eigenvalue weighted by atomic mass is 19.1. The largest absolute Gasteiger partial charge is 0.488 e. The minimum Gasteiger partial charge on any atom is -0.488 e. The maximum Gasteiger partial charge on any atom is 0.238 e. The first-order valence-electron chi connectivity index (χ1n) is 6.93. The first kappa shape index (κ1) is 17.9. The fourth-order valence-corrected chi connectivity index (χ4v) is 1.82. The van der Waals surface area contributed by atoms with Crippen LogP contribution in [-0.2, 0) is 4.79 Å². The Kier molecular flexibility index (Phi) is 5.86. The molecular formula is C16H20F2N2O2. The van der Waals surface area contributed by atoms with Crippen LogP contribution in [0, 0.1) is 34.3 Å². The molecule has 0 radical (unpaired) electrons. The predicted octanol–water partition coefficient (Wildman–Crippen LogP) is 3.03. The molecule has 120 valence electrons. The summed E-state index contributed by atoms with van der Waals surface area (Å²) in [6.45, 7) is 7.01. The van der Waals surface area contributed by atoms with E-state index in [1.165, 1.54) is 0 Å². The lowest BCUT2D eigenvalue weighted by Crippen LogP contribution is -2.43. The van der Waals surface area contributed by atoms with Crippen LogP contribution in [0.3, 0.4) is 0 Å². The number of carbonyl (C=O) groups excluding carboxylic acids is 1. The van der Waals surface area contributed by atoms with E-state index in [9.17, 15) is 13.6 Å². The van der Waals surface area contributed by atoms with Crippen LogP contribution in [-0.4, -0.2) is 18.6 Å². The van der Waals surface area contributed by atoms with Crippen LogP contribution < -0.4 is 10.1 Å². The van der Waals surface area contributed by atoms with Gasteiger partial charge in [-0.3, -0.25) is 4.79 Å². The minimum atomic E-state index is -0.805. The van der Waals surface area contributed by atoms with Crippen LogP contribution in [0.5, 0.6) is 5.75 Å². The van der Waals surface area contributed by atoms with Gasteiger partial charge in [-0.15, -0.1) is 0 Å². The fraction of sp³-hybridized carbons (Fsp3) is 0.500. The van der Waals surface area contributed by atoms with Crippen LogP contribution in [0.2, 0.25) is 0 Å². The highest BCUT2D eigenvalue weighted by Gasteiger charge is 2.31. The first-order valence-corrected chi connectivity index (χ1v) is 6.93. The number of nitrogens with zero attached hydrogens (tertiary/aromatic N) is 1. The van der Waals surface area contributed by atoms with Gasteiger partial charge >= 0.3 is 0 Å². The highest BCUT2D eigenvalue weighted by Crippen LogP contribution is 2.25. The van der Waals surface area contributed by atoms with Crippen LogP contribution in [0.15, 0.2) is 18.2 Å². The number of ether oxygens (including phenoxy) is 1. The number of nitriles is 1. The molecule has 0 bridgehead atoms. The lowest BCUT2D eigenvalue weighted by atomic mass is 9.81. The summed E-state index contributed by atoms with van der Waals surface area (Å²) in [7, 11) is 0. The number of hydrogen-bond acceptors (Lipinski definition) is 3. The van der Waals surface area contributed by atoms with Crippen LogP contribution >= 0.6 is 0 Å². The van der Waals surface area contributed by atoms with Crippen molar-refractivity contribution in [3.8, 4) is 11.8 Å². The number of hydrogen-bond donors (Lipinski definition) is 1. The smallest absolute Gasteiger partial charge is 0.238 e. The van der Waals surface area contributed by atoms with E-state index in [1.54, 1.807) is 27.7 Å². The van der Waals surface area contributed by atoms with Crippen LogP contribution in [0.25, 0.3) is 0 Å². The molecule has 0 aliphatic heterocycles. The van der Waals surface area contributed by atoms with Crippen molar-refractivity contribution in [3.63, 3.8) is 0 Å². The number of rotatable bonds is 5. The van der Waals surface area contributed by atoms with E-state index in [4.69, 9.17) is 10.00 Å². The van der Waals surface area contributed by atoms with Crippen LogP contribution in [0.1, 0.15) is 27.7 Å². The van der Waals surface area contributed by atoms with E-state index in [0.717, 1.165) is 18.2 Å². The summed E-state index contributed by atoms with van der Waals surface area (Å²) in [6.07, 6.45) is 0. The van der Waals surface area contributed by atoms with E-state index in [0.29, 0.717) is 0 Å². The van der Waals surface area contributed by atoms with Gasteiger partial charge in [-0.05, 0) is 24.5 Å². The molecule has 4 nitrogen and oxygen atoms in total. The molecule has 1 amide bonds. The van der Waals surface area contributed by atoms with Gasteiger partial charge in [0.25, 0.3) is 0 Å². The maximum absolute atomic E-state index is 13.4. The highest BCUT2D eigenvalue weighted by molar-refractivity contribution is 5.82. The lowest BCUT2D eigenvalue weighted by molar-refractivity contribution is -0.126. The number of benzene rings is 1. The Hall–Kier alpha value is -2.16.